The first-order valence-corrected chi connectivity index (χ1v) is 13.0. The summed E-state index contributed by atoms with van der Waals surface area (Å²) in [5.41, 5.74) is 2.60. The Kier molecular flexibility index (Phi) is 5.13. The van der Waals surface area contributed by atoms with E-state index >= 15 is 0 Å². The summed E-state index contributed by atoms with van der Waals surface area (Å²) in [6.45, 7) is 0.0845. The summed E-state index contributed by atoms with van der Waals surface area (Å²) in [6.07, 6.45) is 3.90. The monoisotopic (exact) mass is 572 g/mol. The minimum Gasteiger partial charge on any atom is -0.496 e. The Morgan fingerprint density at radius 2 is 1.76 bits per heavy atom. The van der Waals surface area contributed by atoms with E-state index in [0.717, 1.165) is 11.3 Å². The largest absolute Gasteiger partial charge is 0.496 e. The van der Waals surface area contributed by atoms with Gasteiger partial charge in [-0.25, -0.2) is 4.90 Å². The van der Waals surface area contributed by atoms with E-state index in [2.05, 4.69) is 15.9 Å². The Morgan fingerprint density at radius 3 is 2.58 bits per heavy atom. The lowest BCUT2D eigenvalue weighted by atomic mass is 9.86. The lowest BCUT2D eigenvalue weighted by Gasteiger charge is -2.36. The average Bonchev–Trinajstić information content (AvgIpc) is 3.61. The van der Waals surface area contributed by atoms with Gasteiger partial charge < -0.3 is 19.1 Å². The van der Waals surface area contributed by atoms with Gasteiger partial charge in [0.25, 0.3) is 0 Å². The number of carbonyl (C=O) groups excluding carboxylic acids is 3. The topological polar surface area (TPSA) is 85.4 Å². The number of hydrogen-bond acceptors (Lipinski definition) is 7. The predicted molar refractivity (Wildman–Crippen MR) is 143 cm³/mol. The van der Waals surface area contributed by atoms with Gasteiger partial charge >= 0.3 is 0 Å². The molecule has 0 saturated carbocycles. The smallest absolute Gasteiger partial charge is 0.240 e. The van der Waals surface area contributed by atoms with Crippen LogP contribution in [0.3, 0.4) is 0 Å². The Morgan fingerprint density at radius 1 is 0.974 bits per heavy atom. The second-order valence-corrected chi connectivity index (χ2v) is 10.4. The second kappa shape index (κ2) is 8.46. The second-order valence-electron chi connectivity index (χ2n) is 9.58. The van der Waals surface area contributed by atoms with Crippen molar-refractivity contribution < 1.29 is 28.6 Å². The van der Waals surface area contributed by atoms with E-state index in [1.807, 2.05) is 41.3 Å². The third kappa shape index (κ3) is 3.18. The summed E-state index contributed by atoms with van der Waals surface area (Å²) < 4.78 is 16.8. The molecule has 0 unspecified atom stereocenters. The lowest BCUT2D eigenvalue weighted by Crippen LogP contribution is -2.48. The Balaban J connectivity index is 1.35. The highest BCUT2D eigenvalue weighted by atomic mass is 79.9. The number of imide groups is 1. The normalized spacial score (nSPS) is 24.4. The molecule has 38 heavy (non-hydrogen) atoms. The molecule has 2 amide bonds. The van der Waals surface area contributed by atoms with Crippen LogP contribution in [0, 0.1) is 11.8 Å². The highest BCUT2D eigenvalue weighted by Gasteiger charge is 2.64. The highest BCUT2D eigenvalue weighted by Crippen LogP contribution is 2.50. The van der Waals surface area contributed by atoms with E-state index in [0.29, 0.717) is 33.0 Å². The summed E-state index contributed by atoms with van der Waals surface area (Å²) in [6, 6.07) is 16.5. The molecule has 0 aromatic heterocycles. The number of ether oxygens (including phenoxy) is 3. The first kappa shape index (κ1) is 23.0. The van der Waals surface area contributed by atoms with Gasteiger partial charge in [-0.15, -0.1) is 0 Å². The molecule has 0 aliphatic carbocycles. The van der Waals surface area contributed by atoms with Gasteiger partial charge in [-0.3, -0.25) is 14.4 Å². The predicted octanol–water partition coefficient (Wildman–Crippen LogP) is 4.46. The van der Waals surface area contributed by atoms with Gasteiger partial charge in [0.2, 0.25) is 18.6 Å². The van der Waals surface area contributed by atoms with Gasteiger partial charge in [0.05, 0.1) is 35.1 Å². The number of ketones is 1. The van der Waals surface area contributed by atoms with E-state index < -0.39 is 29.8 Å². The highest BCUT2D eigenvalue weighted by molar-refractivity contribution is 9.10. The van der Waals surface area contributed by atoms with Crippen LogP contribution >= 0.6 is 15.9 Å². The number of carbonyl (C=O) groups is 3. The van der Waals surface area contributed by atoms with Crippen LogP contribution in [0.5, 0.6) is 17.2 Å². The number of para-hydroxylation sites is 1. The minimum atomic E-state index is -0.869. The number of benzene rings is 3. The molecule has 2 fully saturated rings. The SMILES string of the molecule is COc1ccc(C(=O)[C@@H]2[C@@H]3C(=O)N(c4ccc5c(c4)OCO5)C(=O)[C@H]3[C@@H]3C=Cc4ccccc4N23)cc1Br. The van der Waals surface area contributed by atoms with Crippen molar-refractivity contribution in [2.45, 2.75) is 12.1 Å². The maximum atomic E-state index is 14.2. The number of methoxy groups -OCH3 is 1. The molecular weight excluding hydrogens is 552 g/mol. The molecule has 0 bridgehead atoms. The Labute approximate surface area is 226 Å². The molecule has 190 valence electrons. The third-order valence-corrected chi connectivity index (χ3v) is 8.35. The molecule has 4 atom stereocenters. The van der Waals surface area contributed by atoms with Crippen LogP contribution < -0.4 is 24.0 Å². The van der Waals surface area contributed by atoms with Gasteiger partial charge in [0, 0.05) is 17.3 Å². The maximum absolute atomic E-state index is 14.2. The van der Waals surface area contributed by atoms with Gasteiger partial charge in [0.15, 0.2) is 17.3 Å². The standard InChI is InChI=1S/C29H21BrN2O6/c1-36-21-10-7-16(12-18(21)30)27(33)26-25-24(20-9-6-15-4-2-3-5-19(15)32(20)26)28(34)31(29(25)35)17-8-11-22-23(13-17)38-14-37-22/h2-13,20,24-26H,14H2,1H3/t20-,24-,25+,26-/m0/s1. The molecule has 0 N–H and O–H groups in total. The molecule has 4 heterocycles. The summed E-state index contributed by atoms with van der Waals surface area (Å²) >= 11 is 3.47. The first-order valence-electron chi connectivity index (χ1n) is 12.2. The van der Waals surface area contributed by atoms with Crippen LogP contribution in [-0.2, 0) is 9.59 Å². The van der Waals surface area contributed by atoms with E-state index in [-0.39, 0.29) is 18.5 Å². The van der Waals surface area contributed by atoms with Crippen LogP contribution in [-0.4, -0.2) is 43.6 Å². The number of fused-ring (bicyclic) bond motifs is 6. The summed E-state index contributed by atoms with van der Waals surface area (Å²) in [4.78, 5) is 45.4. The number of halogens is 1. The maximum Gasteiger partial charge on any atom is 0.240 e. The number of hydrogen-bond donors (Lipinski definition) is 0. The molecule has 8 nitrogen and oxygen atoms in total. The van der Waals surface area contributed by atoms with Gasteiger partial charge in [-0.1, -0.05) is 30.4 Å². The van der Waals surface area contributed by atoms with E-state index in [1.165, 1.54) is 4.90 Å². The first-order chi connectivity index (χ1) is 18.5. The number of anilines is 2. The van der Waals surface area contributed by atoms with Crippen molar-refractivity contribution in [3.8, 4) is 17.2 Å². The summed E-state index contributed by atoms with van der Waals surface area (Å²) in [5, 5.41) is 0. The fourth-order valence-corrected chi connectivity index (χ4v) is 6.62. The van der Waals surface area contributed by atoms with Crippen molar-refractivity contribution >= 4 is 51.0 Å². The van der Waals surface area contributed by atoms with E-state index in [1.54, 1.807) is 43.5 Å². The summed E-state index contributed by atoms with van der Waals surface area (Å²) in [5.74, 6) is -0.904. The van der Waals surface area contributed by atoms with Gasteiger partial charge in [-0.05, 0) is 57.9 Å². The molecule has 7 rings (SSSR count). The van der Waals surface area contributed by atoms with Crippen LogP contribution in [0.25, 0.3) is 6.08 Å². The van der Waals surface area contributed by atoms with Crippen molar-refractivity contribution in [3.05, 3.63) is 82.3 Å². The third-order valence-electron chi connectivity index (χ3n) is 7.73. The van der Waals surface area contributed by atoms with Crippen molar-refractivity contribution in [1.82, 2.24) is 0 Å². The van der Waals surface area contributed by atoms with Crippen molar-refractivity contribution in [1.29, 1.82) is 0 Å². The number of nitrogens with zero attached hydrogens (tertiary/aromatic N) is 2. The fourth-order valence-electron chi connectivity index (χ4n) is 6.08. The van der Waals surface area contributed by atoms with Crippen molar-refractivity contribution in [2.24, 2.45) is 11.8 Å². The molecule has 4 aliphatic rings. The van der Waals surface area contributed by atoms with Gasteiger partial charge in [0.1, 0.15) is 11.8 Å². The van der Waals surface area contributed by atoms with Crippen LogP contribution in [0.4, 0.5) is 11.4 Å². The molecule has 0 spiro atoms. The van der Waals surface area contributed by atoms with Gasteiger partial charge in [-0.2, -0.15) is 0 Å². The minimum absolute atomic E-state index is 0.0845. The van der Waals surface area contributed by atoms with Crippen molar-refractivity contribution in [3.63, 3.8) is 0 Å². The van der Waals surface area contributed by atoms with Crippen molar-refractivity contribution in [2.75, 3.05) is 23.7 Å². The van der Waals surface area contributed by atoms with Crippen LogP contribution in [0.15, 0.2) is 71.2 Å². The molecule has 2 saturated heterocycles. The number of rotatable bonds is 4. The molecule has 3 aromatic rings. The zero-order valence-electron chi connectivity index (χ0n) is 20.2. The fraction of sp³-hybridized carbons (Fsp3) is 0.207. The quantitative estimate of drug-likeness (QED) is 0.337. The summed E-state index contributed by atoms with van der Waals surface area (Å²) in [7, 11) is 1.55. The molecular formula is C29H21BrN2O6. The molecule has 4 aliphatic heterocycles. The lowest BCUT2D eigenvalue weighted by molar-refractivity contribution is -0.122. The van der Waals surface area contributed by atoms with Crippen LogP contribution in [0.1, 0.15) is 15.9 Å². The zero-order valence-corrected chi connectivity index (χ0v) is 21.8. The molecule has 0 radical (unpaired) electrons. The van der Waals surface area contributed by atoms with E-state index in [4.69, 9.17) is 14.2 Å². The number of Topliss-reactive ketones (excluding diaryl/α,β-unsaturated/α-hetero) is 1. The average molecular weight is 573 g/mol. The number of amides is 2. The van der Waals surface area contributed by atoms with Crippen LogP contribution in [0.2, 0.25) is 0 Å². The molecule has 3 aromatic carbocycles. The zero-order chi connectivity index (χ0) is 26.1. The Hall–Kier alpha value is -4.11. The Bertz CT molecular complexity index is 1570. The van der Waals surface area contributed by atoms with E-state index in [9.17, 15) is 14.4 Å². The molecule has 9 heteroatoms.